The third-order valence-corrected chi connectivity index (χ3v) is 4.42. The van der Waals surface area contributed by atoms with Crippen LogP contribution in [-0.4, -0.2) is 19.6 Å². The summed E-state index contributed by atoms with van der Waals surface area (Å²) in [5.41, 5.74) is 6.55. The van der Waals surface area contributed by atoms with Gasteiger partial charge in [-0.1, -0.05) is 19.3 Å². The Labute approximate surface area is 87.6 Å². The van der Waals surface area contributed by atoms with Gasteiger partial charge < -0.3 is 11.1 Å². The Kier molecular flexibility index (Phi) is 3.45. The van der Waals surface area contributed by atoms with Crippen LogP contribution in [0.3, 0.4) is 0 Å². The molecule has 1 aliphatic carbocycles. The van der Waals surface area contributed by atoms with E-state index in [0.717, 1.165) is 12.5 Å². The zero-order valence-electron chi connectivity index (χ0n) is 9.23. The maximum atomic E-state index is 6.04. The number of nitrogens with one attached hydrogen (secondary N) is 1. The molecule has 2 nitrogen and oxygen atoms in total. The second kappa shape index (κ2) is 4.63. The number of piperidine rings is 1. The number of nitrogens with two attached hydrogens (primary N) is 1. The summed E-state index contributed by atoms with van der Waals surface area (Å²) in [5, 5.41) is 3.54. The molecule has 1 saturated heterocycles. The van der Waals surface area contributed by atoms with Crippen LogP contribution in [0.5, 0.6) is 0 Å². The first-order valence-electron chi connectivity index (χ1n) is 6.28. The standard InChI is InChI=1S/C12H24N2/c13-10-12(6-2-1-3-7-12)11-5-4-8-14-9-11/h11,14H,1-10,13H2. The zero-order valence-corrected chi connectivity index (χ0v) is 9.23. The Balaban J connectivity index is 2.01. The van der Waals surface area contributed by atoms with E-state index in [0.29, 0.717) is 5.41 Å². The quantitative estimate of drug-likeness (QED) is 0.708. The predicted molar refractivity (Wildman–Crippen MR) is 60.2 cm³/mol. The Hall–Kier alpha value is -0.0800. The minimum Gasteiger partial charge on any atom is -0.330 e. The van der Waals surface area contributed by atoms with Gasteiger partial charge in [0.1, 0.15) is 0 Å². The second-order valence-electron chi connectivity index (χ2n) is 5.17. The molecule has 3 N–H and O–H groups in total. The first-order valence-corrected chi connectivity index (χ1v) is 6.28. The van der Waals surface area contributed by atoms with Crippen LogP contribution in [-0.2, 0) is 0 Å². The van der Waals surface area contributed by atoms with Gasteiger partial charge in [0.2, 0.25) is 0 Å². The Morgan fingerprint density at radius 3 is 2.50 bits per heavy atom. The second-order valence-corrected chi connectivity index (χ2v) is 5.17. The van der Waals surface area contributed by atoms with E-state index >= 15 is 0 Å². The molecule has 2 fully saturated rings. The molecule has 1 saturated carbocycles. The van der Waals surface area contributed by atoms with Crippen LogP contribution in [0.2, 0.25) is 0 Å². The highest BCUT2D eigenvalue weighted by molar-refractivity contribution is 4.92. The highest BCUT2D eigenvalue weighted by Crippen LogP contribution is 2.44. The fourth-order valence-electron chi connectivity index (χ4n) is 3.41. The lowest BCUT2D eigenvalue weighted by atomic mass is 9.64. The largest absolute Gasteiger partial charge is 0.330 e. The molecule has 0 radical (unpaired) electrons. The first kappa shape index (κ1) is 10.4. The maximum Gasteiger partial charge on any atom is -0.00147 e. The highest BCUT2D eigenvalue weighted by Gasteiger charge is 2.38. The molecule has 0 aromatic heterocycles. The van der Waals surface area contributed by atoms with E-state index in [2.05, 4.69) is 5.32 Å². The van der Waals surface area contributed by atoms with Gasteiger partial charge in [0.15, 0.2) is 0 Å². The normalized spacial score (nSPS) is 32.8. The fraction of sp³-hybridized carbons (Fsp3) is 1.00. The summed E-state index contributed by atoms with van der Waals surface area (Å²) in [6.45, 7) is 3.35. The molecule has 1 heterocycles. The van der Waals surface area contributed by atoms with Gasteiger partial charge in [-0.2, -0.15) is 0 Å². The molecule has 0 bridgehead atoms. The molecular weight excluding hydrogens is 172 g/mol. The van der Waals surface area contributed by atoms with Crippen LogP contribution >= 0.6 is 0 Å². The third kappa shape index (κ3) is 1.96. The van der Waals surface area contributed by atoms with E-state index < -0.39 is 0 Å². The monoisotopic (exact) mass is 196 g/mol. The Bertz CT molecular complexity index is 167. The van der Waals surface area contributed by atoms with Gasteiger partial charge in [-0.25, -0.2) is 0 Å². The van der Waals surface area contributed by atoms with Crippen LogP contribution in [0.15, 0.2) is 0 Å². The van der Waals surface area contributed by atoms with Crippen LogP contribution in [0.4, 0.5) is 0 Å². The summed E-state index contributed by atoms with van der Waals surface area (Å²) >= 11 is 0. The Morgan fingerprint density at radius 1 is 1.14 bits per heavy atom. The molecule has 2 aliphatic rings. The van der Waals surface area contributed by atoms with Crippen molar-refractivity contribution in [2.75, 3.05) is 19.6 Å². The van der Waals surface area contributed by atoms with Gasteiger partial charge in [-0.15, -0.1) is 0 Å². The highest BCUT2D eigenvalue weighted by atomic mass is 14.9. The molecule has 82 valence electrons. The zero-order chi connectivity index (χ0) is 9.86. The molecule has 2 rings (SSSR count). The molecule has 1 unspecified atom stereocenters. The molecule has 2 heteroatoms. The van der Waals surface area contributed by atoms with Gasteiger partial charge in [-0.3, -0.25) is 0 Å². The van der Waals surface area contributed by atoms with Crippen molar-refractivity contribution in [3.63, 3.8) is 0 Å². The van der Waals surface area contributed by atoms with E-state index in [-0.39, 0.29) is 0 Å². The molecule has 1 atom stereocenters. The minimum absolute atomic E-state index is 0.506. The van der Waals surface area contributed by atoms with Crippen molar-refractivity contribution < 1.29 is 0 Å². The SMILES string of the molecule is NCC1(C2CCCNC2)CCCCC1. The number of hydrogen-bond donors (Lipinski definition) is 2. The van der Waals surface area contributed by atoms with Gasteiger partial charge in [-0.05, 0) is 56.7 Å². The van der Waals surface area contributed by atoms with Gasteiger partial charge in [0, 0.05) is 0 Å². The molecule has 0 aromatic carbocycles. The van der Waals surface area contributed by atoms with Crippen molar-refractivity contribution in [1.29, 1.82) is 0 Å². The van der Waals surface area contributed by atoms with E-state index in [4.69, 9.17) is 5.73 Å². The lowest BCUT2D eigenvalue weighted by Gasteiger charge is -2.45. The Morgan fingerprint density at radius 2 is 1.93 bits per heavy atom. The maximum absolute atomic E-state index is 6.04. The van der Waals surface area contributed by atoms with Crippen LogP contribution < -0.4 is 11.1 Å². The minimum atomic E-state index is 0.506. The summed E-state index contributed by atoms with van der Waals surface area (Å²) in [7, 11) is 0. The van der Waals surface area contributed by atoms with Crippen LogP contribution in [0, 0.1) is 11.3 Å². The molecule has 14 heavy (non-hydrogen) atoms. The summed E-state index contributed by atoms with van der Waals surface area (Å²) in [6.07, 6.45) is 9.78. The topological polar surface area (TPSA) is 38.0 Å². The molecule has 0 amide bonds. The fourth-order valence-corrected chi connectivity index (χ4v) is 3.41. The van der Waals surface area contributed by atoms with Gasteiger partial charge >= 0.3 is 0 Å². The molecular formula is C12H24N2. The van der Waals surface area contributed by atoms with E-state index in [9.17, 15) is 0 Å². The average molecular weight is 196 g/mol. The van der Waals surface area contributed by atoms with Crippen LogP contribution in [0.1, 0.15) is 44.9 Å². The van der Waals surface area contributed by atoms with Crippen molar-refractivity contribution in [3.05, 3.63) is 0 Å². The predicted octanol–water partition coefficient (Wildman–Crippen LogP) is 1.90. The van der Waals surface area contributed by atoms with Gasteiger partial charge in [0.05, 0.1) is 0 Å². The summed E-state index contributed by atoms with van der Waals surface area (Å²) < 4.78 is 0. The molecule has 0 spiro atoms. The molecule has 0 aromatic rings. The lowest BCUT2D eigenvalue weighted by Crippen LogP contribution is -2.46. The smallest absolute Gasteiger partial charge is 0.00147 e. The van der Waals surface area contributed by atoms with Crippen molar-refractivity contribution in [1.82, 2.24) is 5.32 Å². The van der Waals surface area contributed by atoms with E-state index in [1.165, 1.54) is 58.0 Å². The first-order chi connectivity index (χ1) is 6.87. The lowest BCUT2D eigenvalue weighted by molar-refractivity contribution is 0.0850. The van der Waals surface area contributed by atoms with Crippen molar-refractivity contribution >= 4 is 0 Å². The summed E-state index contributed by atoms with van der Waals surface area (Å²) in [4.78, 5) is 0. The number of hydrogen-bond acceptors (Lipinski definition) is 2. The summed E-state index contributed by atoms with van der Waals surface area (Å²) in [6, 6.07) is 0. The van der Waals surface area contributed by atoms with E-state index in [1.807, 2.05) is 0 Å². The third-order valence-electron chi connectivity index (χ3n) is 4.42. The van der Waals surface area contributed by atoms with Crippen molar-refractivity contribution in [2.24, 2.45) is 17.1 Å². The van der Waals surface area contributed by atoms with Gasteiger partial charge in [0.25, 0.3) is 0 Å². The van der Waals surface area contributed by atoms with Crippen LogP contribution in [0.25, 0.3) is 0 Å². The van der Waals surface area contributed by atoms with Crippen molar-refractivity contribution in [3.8, 4) is 0 Å². The van der Waals surface area contributed by atoms with E-state index in [1.54, 1.807) is 0 Å². The summed E-state index contributed by atoms with van der Waals surface area (Å²) in [5.74, 6) is 0.863. The van der Waals surface area contributed by atoms with Crippen molar-refractivity contribution in [2.45, 2.75) is 44.9 Å². The average Bonchev–Trinajstić information content (AvgIpc) is 2.31. The molecule has 1 aliphatic heterocycles. The number of rotatable bonds is 2.